The van der Waals surface area contributed by atoms with Crippen LogP contribution in [0.1, 0.15) is 79.1 Å². The number of nitrogen functional groups attached to an aromatic ring is 1. The summed E-state index contributed by atoms with van der Waals surface area (Å²) in [5, 5.41) is 2.84. The molecule has 2 saturated carbocycles. The Kier molecular flexibility index (Phi) is 9.81. The number of anilines is 1. The third-order valence-electron chi connectivity index (χ3n) is 7.19. The molecule has 222 valence electrons. The SMILES string of the molecule is CC(Cn1cnc2c(N)ncnc21)OCP(=O)(NC(C)(C)C(=O)OC1CCCC1)OC(C)C(=O)OC1CCCC1. The molecule has 0 aliphatic heterocycles. The molecule has 2 aromatic rings. The molecule has 14 heteroatoms. The van der Waals surface area contributed by atoms with Crippen molar-refractivity contribution in [2.24, 2.45) is 0 Å². The molecular formula is C26H41N6O7P. The third kappa shape index (κ3) is 7.78. The monoisotopic (exact) mass is 580 g/mol. The van der Waals surface area contributed by atoms with E-state index >= 15 is 0 Å². The van der Waals surface area contributed by atoms with Crippen molar-refractivity contribution in [2.75, 3.05) is 12.1 Å². The number of ether oxygens (including phenoxy) is 3. The fourth-order valence-corrected chi connectivity index (χ4v) is 7.19. The van der Waals surface area contributed by atoms with Gasteiger partial charge < -0.3 is 29.0 Å². The van der Waals surface area contributed by atoms with Crippen LogP contribution in [0.4, 0.5) is 5.82 Å². The van der Waals surface area contributed by atoms with Gasteiger partial charge in [-0.2, -0.15) is 0 Å². The predicted octanol–water partition coefficient (Wildman–Crippen LogP) is 3.71. The van der Waals surface area contributed by atoms with Crippen LogP contribution in [0.15, 0.2) is 12.7 Å². The smallest absolute Gasteiger partial charge is 0.335 e. The van der Waals surface area contributed by atoms with Crippen molar-refractivity contribution in [3.63, 3.8) is 0 Å². The van der Waals surface area contributed by atoms with Crippen molar-refractivity contribution in [2.45, 2.75) is 116 Å². The van der Waals surface area contributed by atoms with Gasteiger partial charge in [0.05, 0.1) is 19.0 Å². The molecular weight excluding hydrogens is 539 g/mol. The number of nitrogens with one attached hydrogen (secondary N) is 1. The first-order chi connectivity index (χ1) is 19.0. The summed E-state index contributed by atoms with van der Waals surface area (Å²) in [6.07, 6.45) is 7.81. The second-order valence-electron chi connectivity index (χ2n) is 11.2. The van der Waals surface area contributed by atoms with Crippen molar-refractivity contribution in [1.82, 2.24) is 24.6 Å². The molecule has 0 spiro atoms. The Bertz CT molecular complexity index is 1230. The Balaban J connectivity index is 1.44. The normalized spacial score (nSPS) is 19.9. The van der Waals surface area contributed by atoms with E-state index in [2.05, 4.69) is 20.0 Å². The van der Waals surface area contributed by atoms with E-state index in [0.717, 1.165) is 51.4 Å². The second kappa shape index (κ2) is 12.9. The lowest BCUT2D eigenvalue weighted by atomic mass is 10.1. The highest BCUT2D eigenvalue weighted by atomic mass is 31.2. The van der Waals surface area contributed by atoms with Gasteiger partial charge in [-0.1, -0.05) is 0 Å². The Morgan fingerprint density at radius 2 is 1.70 bits per heavy atom. The van der Waals surface area contributed by atoms with Gasteiger partial charge >= 0.3 is 11.9 Å². The van der Waals surface area contributed by atoms with Crippen molar-refractivity contribution >= 4 is 36.4 Å². The molecule has 0 radical (unpaired) electrons. The van der Waals surface area contributed by atoms with Gasteiger partial charge in [-0.15, -0.1) is 0 Å². The molecule has 2 fully saturated rings. The second-order valence-corrected chi connectivity index (χ2v) is 13.3. The Morgan fingerprint density at radius 3 is 2.35 bits per heavy atom. The predicted molar refractivity (Wildman–Crippen MR) is 147 cm³/mol. The standard InChI is InChI=1S/C26H41N6O7P/c1-17(13-32-15-30-21-22(27)28-14-29-23(21)32)36-16-40(35,39-18(2)24(33)37-19-9-5-6-10-19)31-26(3,4)25(34)38-20-11-7-8-12-20/h14-15,17-20H,5-13,16H2,1-4H3,(H,31,35)(H2,27,28,29). The number of hydrogen-bond acceptors (Lipinski definition) is 11. The summed E-state index contributed by atoms with van der Waals surface area (Å²) in [5.41, 5.74) is 5.53. The molecule has 0 amide bonds. The van der Waals surface area contributed by atoms with E-state index in [1.54, 1.807) is 31.7 Å². The van der Waals surface area contributed by atoms with E-state index in [1.165, 1.54) is 13.3 Å². The molecule has 2 aliphatic rings. The van der Waals surface area contributed by atoms with Crippen molar-refractivity contribution in [3.05, 3.63) is 12.7 Å². The average Bonchev–Trinajstić information content (AvgIpc) is 3.66. The molecule has 40 heavy (non-hydrogen) atoms. The molecule has 0 bridgehead atoms. The summed E-state index contributed by atoms with van der Waals surface area (Å²) in [6, 6.07) is 0. The summed E-state index contributed by atoms with van der Waals surface area (Å²) in [6.45, 7) is 6.75. The van der Waals surface area contributed by atoms with Crippen LogP contribution in [0.25, 0.3) is 11.2 Å². The van der Waals surface area contributed by atoms with Crippen molar-refractivity contribution in [1.29, 1.82) is 0 Å². The maximum atomic E-state index is 14.2. The van der Waals surface area contributed by atoms with Crippen LogP contribution in [0.2, 0.25) is 0 Å². The lowest BCUT2D eigenvalue weighted by molar-refractivity contribution is -0.156. The summed E-state index contributed by atoms with van der Waals surface area (Å²) < 4.78 is 38.9. The van der Waals surface area contributed by atoms with Crippen LogP contribution in [0.3, 0.4) is 0 Å². The number of nitrogens with zero attached hydrogens (tertiary/aromatic N) is 4. The highest BCUT2D eigenvalue weighted by molar-refractivity contribution is 7.56. The van der Waals surface area contributed by atoms with Crippen LogP contribution >= 0.6 is 7.52 Å². The number of aromatic nitrogens is 4. The number of rotatable bonds is 13. The maximum Gasteiger partial charge on any atom is 0.335 e. The lowest BCUT2D eigenvalue weighted by Gasteiger charge is -2.32. The van der Waals surface area contributed by atoms with Gasteiger partial charge in [-0.05, 0) is 79.1 Å². The van der Waals surface area contributed by atoms with Crippen LogP contribution in [0, 0.1) is 0 Å². The molecule has 0 aromatic carbocycles. The van der Waals surface area contributed by atoms with Crippen LogP contribution < -0.4 is 10.8 Å². The summed E-state index contributed by atoms with van der Waals surface area (Å²) in [5.74, 6) is -0.875. The minimum Gasteiger partial charge on any atom is -0.461 e. The first-order valence-corrected chi connectivity index (χ1v) is 15.8. The number of fused-ring (bicyclic) bond motifs is 1. The zero-order chi connectivity index (χ0) is 28.9. The van der Waals surface area contributed by atoms with Gasteiger partial charge in [0.15, 0.2) is 17.6 Å². The molecule has 4 rings (SSSR count). The largest absolute Gasteiger partial charge is 0.461 e. The van der Waals surface area contributed by atoms with Crippen molar-refractivity contribution < 1.29 is 32.9 Å². The topological polar surface area (TPSA) is 170 Å². The maximum absolute atomic E-state index is 14.2. The minimum atomic E-state index is -3.94. The first kappa shape index (κ1) is 30.4. The average molecular weight is 581 g/mol. The fourth-order valence-electron chi connectivity index (χ4n) is 5.02. The molecule has 2 heterocycles. The molecule has 0 saturated heterocycles. The number of carbonyl (C=O) groups is 2. The highest BCUT2D eigenvalue weighted by Crippen LogP contribution is 2.47. The molecule has 3 N–H and O–H groups in total. The Morgan fingerprint density at radius 1 is 1.07 bits per heavy atom. The first-order valence-electron chi connectivity index (χ1n) is 14.0. The van der Waals surface area contributed by atoms with E-state index in [1.807, 2.05) is 0 Å². The summed E-state index contributed by atoms with van der Waals surface area (Å²) in [4.78, 5) is 38.2. The molecule has 2 aromatic heterocycles. The van der Waals surface area contributed by atoms with Gasteiger partial charge in [0.2, 0.25) is 0 Å². The van der Waals surface area contributed by atoms with Gasteiger partial charge in [0, 0.05) is 0 Å². The van der Waals surface area contributed by atoms with Crippen LogP contribution in [-0.4, -0.2) is 67.8 Å². The van der Waals surface area contributed by atoms with Gasteiger partial charge in [0.1, 0.15) is 35.9 Å². The Hall–Kier alpha value is -2.60. The minimum absolute atomic E-state index is 0.159. The van der Waals surface area contributed by atoms with E-state index < -0.39 is 43.6 Å². The Labute approximate surface area is 234 Å². The third-order valence-corrected chi connectivity index (χ3v) is 9.24. The van der Waals surface area contributed by atoms with E-state index in [9.17, 15) is 14.2 Å². The van der Waals surface area contributed by atoms with E-state index in [-0.39, 0.29) is 18.0 Å². The summed E-state index contributed by atoms with van der Waals surface area (Å²) in [7, 11) is -3.94. The number of imidazole rings is 1. The van der Waals surface area contributed by atoms with Crippen molar-refractivity contribution in [3.8, 4) is 0 Å². The zero-order valence-electron chi connectivity index (χ0n) is 23.7. The number of carbonyl (C=O) groups excluding carboxylic acids is 2. The summed E-state index contributed by atoms with van der Waals surface area (Å²) >= 11 is 0. The van der Waals surface area contributed by atoms with Crippen LogP contribution in [-0.2, 0) is 39.4 Å². The fraction of sp³-hybridized carbons (Fsp3) is 0.731. The van der Waals surface area contributed by atoms with Gasteiger partial charge in [-0.3, -0.25) is 9.36 Å². The lowest BCUT2D eigenvalue weighted by Crippen LogP contribution is -2.48. The quantitative estimate of drug-likeness (QED) is 0.260. The van der Waals surface area contributed by atoms with Crippen LogP contribution in [0.5, 0.6) is 0 Å². The van der Waals surface area contributed by atoms with Gasteiger partial charge in [-0.25, -0.2) is 24.8 Å². The molecule has 2 aliphatic carbocycles. The number of esters is 2. The molecule has 3 unspecified atom stereocenters. The van der Waals surface area contributed by atoms with Gasteiger partial charge in [0.25, 0.3) is 7.52 Å². The number of hydrogen-bond donors (Lipinski definition) is 2. The number of nitrogens with two attached hydrogens (primary N) is 1. The molecule has 13 nitrogen and oxygen atoms in total. The molecule has 3 atom stereocenters. The van der Waals surface area contributed by atoms with E-state index in [0.29, 0.717) is 17.7 Å². The zero-order valence-corrected chi connectivity index (χ0v) is 24.6. The highest BCUT2D eigenvalue weighted by Gasteiger charge is 2.42. The van der Waals surface area contributed by atoms with E-state index in [4.69, 9.17) is 24.5 Å².